The molecular formula is C13H13NO3. The largest absolute Gasteiger partial charge is 0.508 e. The number of hydrogen-bond donors (Lipinski definition) is 2. The molecule has 0 aliphatic rings. The van der Waals surface area contributed by atoms with E-state index in [4.69, 9.17) is 4.42 Å². The Morgan fingerprint density at radius 1 is 1.29 bits per heavy atom. The first-order valence-electron chi connectivity index (χ1n) is 5.23. The summed E-state index contributed by atoms with van der Waals surface area (Å²) in [4.78, 5) is 11.9. The fourth-order valence-corrected chi connectivity index (χ4v) is 1.60. The number of carbonyl (C=O) groups excluding carboxylic acids is 1. The number of phenols is 1. The Labute approximate surface area is 98.9 Å². The monoisotopic (exact) mass is 231 g/mol. The van der Waals surface area contributed by atoms with Crippen LogP contribution in [0.1, 0.15) is 21.7 Å². The first-order valence-corrected chi connectivity index (χ1v) is 5.23. The lowest BCUT2D eigenvalue weighted by Crippen LogP contribution is -2.12. The number of aryl methyl sites for hydroxylation is 2. The van der Waals surface area contributed by atoms with E-state index < -0.39 is 0 Å². The standard InChI is InChI=1S/C13H13NO3/c1-8-7-10(15)3-4-12(8)14-13(16)11-5-6-17-9(11)2/h3-7,15H,1-2H3,(H,14,16). The number of aromatic hydroxyl groups is 1. The number of phenolic OH excluding ortho intramolecular Hbond substituents is 1. The second kappa shape index (κ2) is 4.33. The molecule has 17 heavy (non-hydrogen) atoms. The average Bonchev–Trinajstić information content (AvgIpc) is 2.68. The Morgan fingerprint density at radius 2 is 2.06 bits per heavy atom. The van der Waals surface area contributed by atoms with Crippen LogP contribution in [-0.4, -0.2) is 11.0 Å². The summed E-state index contributed by atoms with van der Waals surface area (Å²) < 4.78 is 5.07. The van der Waals surface area contributed by atoms with Crippen molar-refractivity contribution in [1.29, 1.82) is 0 Å². The zero-order valence-corrected chi connectivity index (χ0v) is 9.65. The summed E-state index contributed by atoms with van der Waals surface area (Å²) in [5.41, 5.74) is 1.99. The molecule has 1 aromatic heterocycles. The Bertz CT molecular complexity index is 558. The highest BCUT2D eigenvalue weighted by atomic mass is 16.3. The van der Waals surface area contributed by atoms with Gasteiger partial charge in [-0.05, 0) is 43.7 Å². The van der Waals surface area contributed by atoms with Crippen molar-refractivity contribution in [3.05, 3.63) is 47.4 Å². The molecule has 0 spiro atoms. The average molecular weight is 231 g/mol. The third-order valence-corrected chi connectivity index (χ3v) is 2.56. The van der Waals surface area contributed by atoms with Gasteiger partial charge in [-0.15, -0.1) is 0 Å². The minimum Gasteiger partial charge on any atom is -0.508 e. The molecule has 2 rings (SSSR count). The molecule has 0 fully saturated rings. The van der Waals surface area contributed by atoms with Crippen LogP contribution in [0.25, 0.3) is 0 Å². The second-order valence-corrected chi connectivity index (χ2v) is 3.84. The zero-order chi connectivity index (χ0) is 12.4. The molecule has 4 nitrogen and oxygen atoms in total. The van der Waals surface area contributed by atoms with Crippen LogP contribution in [0.4, 0.5) is 5.69 Å². The number of carbonyl (C=O) groups is 1. The van der Waals surface area contributed by atoms with Crippen molar-refractivity contribution < 1.29 is 14.3 Å². The molecular weight excluding hydrogens is 218 g/mol. The van der Waals surface area contributed by atoms with E-state index in [0.717, 1.165) is 5.56 Å². The highest BCUT2D eigenvalue weighted by Crippen LogP contribution is 2.21. The van der Waals surface area contributed by atoms with E-state index in [0.29, 0.717) is 17.0 Å². The smallest absolute Gasteiger partial charge is 0.259 e. The van der Waals surface area contributed by atoms with E-state index in [1.54, 1.807) is 25.1 Å². The molecule has 2 N–H and O–H groups in total. The highest BCUT2D eigenvalue weighted by Gasteiger charge is 2.12. The van der Waals surface area contributed by atoms with Gasteiger partial charge in [-0.3, -0.25) is 4.79 Å². The van der Waals surface area contributed by atoms with Crippen LogP contribution in [0, 0.1) is 13.8 Å². The maximum atomic E-state index is 11.9. The van der Waals surface area contributed by atoms with Crippen molar-refractivity contribution >= 4 is 11.6 Å². The van der Waals surface area contributed by atoms with Gasteiger partial charge < -0.3 is 14.8 Å². The van der Waals surface area contributed by atoms with Gasteiger partial charge >= 0.3 is 0 Å². The maximum Gasteiger partial charge on any atom is 0.259 e. The van der Waals surface area contributed by atoms with Crippen molar-refractivity contribution in [3.63, 3.8) is 0 Å². The molecule has 0 aliphatic carbocycles. The van der Waals surface area contributed by atoms with Crippen LogP contribution in [0.3, 0.4) is 0 Å². The molecule has 4 heteroatoms. The van der Waals surface area contributed by atoms with Gasteiger partial charge in [0.25, 0.3) is 5.91 Å². The van der Waals surface area contributed by atoms with Gasteiger partial charge in [-0.2, -0.15) is 0 Å². The first-order chi connectivity index (χ1) is 8.08. The lowest BCUT2D eigenvalue weighted by Gasteiger charge is -2.07. The molecule has 88 valence electrons. The van der Waals surface area contributed by atoms with Crippen molar-refractivity contribution in [3.8, 4) is 5.75 Å². The number of hydrogen-bond acceptors (Lipinski definition) is 3. The Kier molecular flexibility index (Phi) is 2.87. The molecule has 1 aromatic carbocycles. The van der Waals surface area contributed by atoms with Gasteiger partial charge in [0.15, 0.2) is 0 Å². The summed E-state index contributed by atoms with van der Waals surface area (Å²) in [5.74, 6) is 0.545. The van der Waals surface area contributed by atoms with E-state index >= 15 is 0 Å². The number of furan rings is 1. The molecule has 0 aliphatic heterocycles. The van der Waals surface area contributed by atoms with Crippen molar-refractivity contribution in [2.45, 2.75) is 13.8 Å². The molecule has 0 saturated carbocycles. The van der Waals surface area contributed by atoms with Crippen molar-refractivity contribution in [1.82, 2.24) is 0 Å². The zero-order valence-electron chi connectivity index (χ0n) is 9.65. The van der Waals surface area contributed by atoms with Gasteiger partial charge in [0.2, 0.25) is 0 Å². The van der Waals surface area contributed by atoms with E-state index in [-0.39, 0.29) is 11.7 Å². The molecule has 1 amide bonds. The van der Waals surface area contributed by atoms with Crippen molar-refractivity contribution in [2.75, 3.05) is 5.32 Å². The maximum absolute atomic E-state index is 11.9. The van der Waals surface area contributed by atoms with E-state index in [1.165, 1.54) is 12.3 Å². The van der Waals surface area contributed by atoms with Crippen LogP contribution >= 0.6 is 0 Å². The third kappa shape index (κ3) is 2.30. The van der Waals surface area contributed by atoms with E-state index in [9.17, 15) is 9.90 Å². The number of rotatable bonds is 2. The topological polar surface area (TPSA) is 62.5 Å². The molecule has 1 heterocycles. The normalized spacial score (nSPS) is 10.2. The predicted octanol–water partition coefficient (Wildman–Crippen LogP) is 2.85. The molecule has 0 bridgehead atoms. The summed E-state index contributed by atoms with van der Waals surface area (Å²) in [6.07, 6.45) is 1.48. The summed E-state index contributed by atoms with van der Waals surface area (Å²) in [6.45, 7) is 3.55. The molecule has 0 saturated heterocycles. The van der Waals surface area contributed by atoms with Gasteiger partial charge in [0.1, 0.15) is 11.5 Å². The summed E-state index contributed by atoms with van der Waals surface area (Å²) >= 11 is 0. The van der Waals surface area contributed by atoms with Gasteiger partial charge in [-0.1, -0.05) is 0 Å². The minimum absolute atomic E-state index is 0.181. The number of nitrogens with one attached hydrogen (secondary N) is 1. The third-order valence-electron chi connectivity index (χ3n) is 2.56. The Morgan fingerprint density at radius 3 is 2.65 bits per heavy atom. The van der Waals surface area contributed by atoms with Crippen LogP contribution < -0.4 is 5.32 Å². The molecule has 2 aromatic rings. The lowest BCUT2D eigenvalue weighted by atomic mass is 10.1. The first kappa shape index (κ1) is 11.3. The predicted molar refractivity (Wildman–Crippen MR) is 64.2 cm³/mol. The van der Waals surface area contributed by atoms with E-state index in [2.05, 4.69) is 5.32 Å². The molecule has 0 atom stereocenters. The van der Waals surface area contributed by atoms with Crippen LogP contribution in [0.5, 0.6) is 5.75 Å². The second-order valence-electron chi connectivity index (χ2n) is 3.84. The minimum atomic E-state index is -0.218. The SMILES string of the molecule is Cc1cc(O)ccc1NC(=O)c1ccoc1C. The van der Waals surface area contributed by atoms with Crippen LogP contribution in [0.2, 0.25) is 0 Å². The Balaban J connectivity index is 2.22. The fraction of sp³-hybridized carbons (Fsp3) is 0.154. The highest BCUT2D eigenvalue weighted by molar-refractivity contribution is 6.05. The van der Waals surface area contributed by atoms with Gasteiger partial charge in [0, 0.05) is 5.69 Å². The summed E-state index contributed by atoms with van der Waals surface area (Å²) in [7, 11) is 0. The quantitative estimate of drug-likeness (QED) is 0.781. The summed E-state index contributed by atoms with van der Waals surface area (Å²) in [5, 5.41) is 12.0. The lowest BCUT2D eigenvalue weighted by molar-refractivity contribution is 0.102. The Hall–Kier alpha value is -2.23. The van der Waals surface area contributed by atoms with Gasteiger partial charge in [-0.25, -0.2) is 0 Å². The van der Waals surface area contributed by atoms with Crippen LogP contribution in [-0.2, 0) is 0 Å². The molecule has 0 radical (unpaired) electrons. The molecule has 0 unspecified atom stereocenters. The van der Waals surface area contributed by atoms with Crippen molar-refractivity contribution in [2.24, 2.45) is 0 Å². The number of benzene rings is 1. The fourth-order valence-electron chi connectivity index (χ4n) is 1.60. The van der Waals surface area contributed by atoms with E-state index in [1.807, 2.05) is 6.92 Å². The number of amides is 1. The van der Waals surface area contributed by atoms with Gasteiger partial charge in [0.05, 0.1) is 11.8 Å². The van der Waals surface area contributed by atoms with Crippen LogP contribution in [0.15, 0.2) is 34.9 Å². The number of anilines is 1. The summed E-state index contributed by atoms with van der Waals surface area (Å²) in [6, 6.07) is 6.42.